The first-order valence-corrected chi connectivity index (χ1v) is 6.66. The zero-order chi connectivity index (χ0) is 12.1. The van der Waals surface area contributed by atoms with Crippen molar-refractivity contribution in [1.29, 1.82) is 5.26 Å². The average Bonchev–Trinajstić information content (AvgIpc) is 2.64. The predicted molar refractivity (Wildman–Crippen MR) is 68.4 cm³/mol. The van der Waals surface area contributed by atoms with Crippen LogP contribution in [0.1, 0.15) is 29.9 Å². The fourth-order valence-corrected chi connectivity index (χ4v) is 2.84. The molecular formula is C11H13BrN2OS. The summed E-state index contributed by atoms with van der Waals surface area (Å²) >= 11 is 4.77. The highest BCUT2D eigenvalue weighted by molar-refractivity contribution is 9.10. The molecule has 1 amide bonds. The third-order valence-corrected chi connectivity index (χ3v) is 3.99. The van der Waals surface area contributed by atoms with E-state index in [1.54, 1.807) is 4.90 Å². The van der Waals surface area contributed by atoms with Gasteiger partial charge in [-0.15, -0.1) is 11.3 Å². The first-order chi connectivity index (χ1) is 7.57. The van der Waals surface area contributed by atoms with E-state index in [4.69, 9.17) is 5.26 Å². The third-order valence-electron chi connectivity index (χ3n) is 2.16. The maximum atomic E-state index is 12.2. The Morgan fingerprint density at radius 1 is 1.69 bits per heavy atom. The Balaban J connectivity index is 2.84. The monoisotopic (exact) mass is 300 g/mol. The number of amides is 1. The summed E-state index contributed by atoms with van der Waals surface area (Å²) in [5.74, 6) is -0.00729. The van der Waals surface area contributed by atoms with Crippen molar-refractivity contribution in [1.82, 2.24) is 4.90 Å². The molecule has 0 saturated carbocycles. The summed E-state index contributed by atoms with van der Waals surface area (Å²) in [5, 5.41) is 10.4. The second kappa shape index (κ2) is 6.02. The molecule has 86 valence electrons. The van der Waals surface area contributed by atoms with Crippen LogP contribution in [0.5, 0.6) is 0 Å². The van der Waals surface area contributed by atoms with Gasteiger partial charge in [-0.25, -0.2) is 0 Å². The van der Waals surface area contributed by atoms with E-state index in [1.165, 1.54) is 11.3 Å². The van der Waals surface area contributed by atoms with E-state index in [0.29, 0.717) is 17.8 Å². The van der Waals surface area contributed by atoms with Crippen molar-refractivity contribution in [3.8, 4) is 6.07 Å². The van der Waals surface area contributed by atoms with E-state index in [9.17, 15) is 4.79 Å². The average molecular weight is 301 g/mol. The van der Waals surface area contributed by atoms with E-state index in [1.807, 2.05) is 25.3 Å². The molecule has 3 nitrogen and oxygen atoms in total. The van der Waals surface area contributed by atoms with Crippen molar-refractivity contribution >= 4 is 33.2 Å². The lowest BCUT2D eigenvalue weighted by Crippen LogP contribution is -2.37. The van der Waals surface area contributed by atoms with Gasteiger partial charge in [-0.3, -0.25) is 4.79 Å². The zero-order valence-electron chi connectivity index (χ0n) is 9.24. The van der Waals surface area contributed by atoms with Crippen LogP contribution >= 0.6 is 27.3 Å². The van der Waals surface area contributed by atoms with Crippen molar-refractivity contribution in [3.63, 3.8) is 0 Å². The lowest BCUT2D eigenvalue weighted by Gasteiger charge is -2.25. The Hall–Kier alpha value is -0.860. The number of nitrogens with zero attached hydrogens (tertiary/aromatic N) is 2. The number of thiophene rings is 1. The number of nitriles is 1. The van der Waals surface area contributed by atoms with Gasteiger partial charge in [-0.05, 0) is 41.2 Å². The lowest BCUT2D eigenvalue weighted by molar-refractivity contribution is 0.0714. The maximum absolute atomic E-state index is 12.2. The minimum atomic E-state index is -0.00729. The van der Waals surface area contributed by atoms with Gasteiger partial charge in [-0.1, -0.05) is 0 Å². The molecule has 0 spiro atoms. The van der Waals surface area contributed by atoms with Crippen molar-refractivity contribution in [2.45, 2.75) is 26.3 Å². The summed E-state index contributed by atoms with van der Waals surface area (Å²) in [7, 11) is 0. The molecular weight excluding hydrogens is 288 g/mol. The zero-order valence-corrected chi connectivity index (χ0v) is 11.6. The summed E-state index contributed by atoms with van der Waals surface area (Å²) < 4.78 is 0.824. The van der Waals surface area contributed by atoms with Crippen LogP contribution in [0.3, 0.4) is 0 Å². The topological polar surface area (TPSA) is 44.1 Å². The third kappa shape index (κ3) is 3.06. The van der Waals surface area contributed by atoms with Gasteiger partial charge >= 0.3 is 0 Å². The Bertz CT molecular complexity index is 408. The molecule has 5 heteroatoms. The molecule has 0 unspecified atom stereocenters. The van der Waals surface area contributed by atoms with Crippen molar-refractivity contribution in [3.05, 3.63) is 20.8 Å². The molecule has 1 heterocycles. The second-order valence-corrected chi connectivity index (χ2v) is 5.37. The smallest absolute Gasteiger partial charge is 0.265 e. The number of rotatable bonds is 4. The molecule has 0 aliphatic heterocycles. The van der Waals surface area contributed by atoms with E-state index < -0.39 is 0 Å². The molecule has 16 heavy (non-hydrogen) atoms. The highest BCUT2D eigenvalue weighted by Gasteiger charge is 2.21. The largest absolute Gasteiger partial charge is 0.334 e. The molecule has 0 bridgehead atoms. The number of carbonyl (C=O) groups is 1. The molecule has 0 aromatic carbocycles. The van der Waals surface area contributed by atoms with E-state index in [2.05, 4.69) is 22.0 Å². The molecule has 0 saturated heterocycles. The first-order valence-electron chi connectivity index (χ1n) is 4.98. The molecule has 0 N–H and O–H groups in total. The van der Waals surface area contributed by atoms with Gasteiger partial charge in [0, 0.05) is 17.1 Å². The highest BCUT2D eigenvalue weighted by Crippen LogP contribution is 2.24. The van der Waals surface area contributed by atoms with Crippen LogP contribution in [0.4, 0.5) is 0 Å². The second-order valence-electron chi connectivity index (χ2n) is 3.60. The van der Waals surface area contributed by atoms with Gasteiger partial charge in [0.05, 0.1) is 12.5 Å². The lowest BCUT2D eigenvalue weighted by atomic mass is 10.2. The first kappa shape index (κ1) is 13.2. The Kier molecular flexibility index (Phi) is 4.97. The molecule has 1 aromatic heterocycles. The number of hydrogen-bond donors (Lipinski definition) is 0. The fourth-order valence-electron chi connectivity index (χ4n) is 1.34. The van der Waals surface area contributed by atoms with Gasteiger partial charge in [0.15, 0.2) is 0 Å². The number of halogens is 1. The van der Waals surface area contributed by atoms with Crippen molar-refractivity contribution in [2.24, 2.45) is 0 Å². The molecule has 0 atom stereocenters. The summed E-state index contributed by atoms with van der Waals surface area (Å²) in [4.78, 5) is 14.6. The van der Waals surface area contributed by atoms with Gasteiger partial charge < -0.3 is 4.90 Å². The molecule has 0 fully saturated rings. The van der Waals surface area contributed by atoms with E-state index in [0.717, 1.165) is 4.47 Å². The SMILES string of the molecule is CC(C)N(CCC#N)C(=O)c1sccc1Br. The summed E-state index contributed by atoms with van der Waals surface area (Å²) in [5.41, 5.74) is 0. The normalized spacial score (nSPS) is 10.2. The molecule has 0 aliphatic carbocycles. The molecule has 0 radical (unpaired) electrons. The van der Waals surface area contributed by atoms with Crippen LogP contribution in [0, 0.1) is 11.3 Å². The van der Waals surface area contributed by atoms with Crippen LogP contribution < -0.4 is 0 Å². The van der Waals surface area contributed by atoms with Crippen LogP contribution in [0.2, 0.25) is 0 Å². The van der Waals surface area contributed by atoms with Crippen LogP contribution in [0.15, 0.2) is 15.9 Å². The van der Waals surface area contributed by atoms with Crippen LogP contribution in [0.25, 0.3) is 0 Å². The van der Waals surface area contributed by atoms with E-state index >= 15 is 0 Å². The maximum Gasteiger partial charge on any atom is 0.265 e. The Labute approximate surface area is 108 Å². The minimum Gasteiger partial charge on any atom is -0.334 e. The van der Waals surface area contributed by atoms with Crippen molar-refractivity contribution < 1.29 is 4.79 Å². The Morgan fingerprint density at radius 3 is 2.81 bits per heavy atom. The molecule has 0 aliphatic rings. The van der Waals surface area contributed by atoms with Gasteiger partial charge in [0.1, 0.15) is 4.88 Å². The minimum absolute atomic E-state index is 0.00729. The summed E-state index contributed by atoms with van der Waals surface area (Å²) in [6, 6.07) is 4.03. The number of hydrogen-bond acceptors (Lipinski definition) is 3. The van der Waals surface area contributed by atoms with Crippen LogP contribution in [-0.2, 0) is 0 Å². The van der Waals surface area contributed by atoms with Crippen molar-refractivity contribution in [2.75, 3.05) is 6.54 Å². The summed E-state index contributed by atoms with van der Waals surface area (Å²) in [6.07, 6.45) is 0.368. The number of carbonyl (C=O) groups excluding carboxylic acids is 1. The summed E-state index contributed by atoms with van der Waals surface area (Å²) in [6.45, 7) is 4.39. The molecule has 1 aromatic rings. The van der Waals surface area contributed by atoms with E-state index in [-0.39, 0.29) is 11.9 Å². The van der Waals surface area contributed by atoms with Gasteiger partial charge in [-0.2, -0.15) is 5.26 Å². The quantitative estimate of drug-likeness (QED) is 0.856. The highest BCUT2D eigenvalue weighted by atomic mass is 79.9. The Morgan fingerprint density at radius 2 is 2.38 bits per heavy atom. The fraction of sp³-hybridized carbons (Fsp3) is 0.455. The van der Waals surface area contributed by atoms with Gasteiger partial charge in [0.2, 0.25) is 0 Å². The van der Waals surface area contributed by atoms with Gasteiger partial charge in [0.25, 0.3) is 5.91 Å². The van der Waals surface area contributed by atoms with Crippen LogP contribution in [-0.4, -0.2) is 23.4 Å². The molecule has 1 rings (SSSR count). The standard InChI is InChI=1S/C11H13BrN2OS/c1-8(2)14(6-3-5-13)11(15)10-9(12)4-7-16-10/h4,7-8H,3,6H2,1-2H3. The predicted octanol–water partition coefficient (Wildman–Crippen LogP) is 3.27.